The summed E-state index contributed by atoms with van der Waals surface area (Å²) in [5.41, 5.74) is -0.706. The van der Waals surface area contributed by atoms with Crippen LogP contribution in [0.15, 0.2) is 45.7 Å². The minimum atomic E-state index is -1.32. The fourth-order valence-corrected chi connectivity index (χ4v) is 3.22. The third kappa shape index (κ3) is 3.32. The second-order valence-electron chi connectivity index (χ2n) is 6.14. The summed E-state index contributed by atoms with van der Waals surface area (Å²) >= 11 is 1.55. The highest BCUT2D eigenvalue weighted by molar-refractivity contribution is 7.98. The van der Waals surface area contributed by atoms with Crippen molar-refractivity contribution in [1.82, 2.24) is 10.2 Å². The van der Waals surface area contributed by atoms with E-state index in [9.17, 15) is 14.4 Å². The minimum Gasteiger partial charge on any atom is -0.463 e. The molecule has 0 radical (unpaired) electrons. The number of imide groups is 1. The number of hydrogen-bond acceptors (Lipinski definition) is 5. The van der Waals surface area contributed by atoms with Crippen LogP contribution in [0.3, 0.4) is 0 Å². The van der Waals surface area contributed by atoms with E-state index in [-0.39, 0.29) is 6.54 Å². The summed E-state index contributed by atoms with van der Waals surface area (Å²) in [5.74, 6) is -0.00596. The largest absolute Gasteiger partial charge is 0.463 e. The zero-order chi connectivity index (χ0) is 18.9. The van der Waals surface area contributed by atoms with E-state index in [2.05, 4.69) is 10.6 Å². The highest BCUT2D eigenvalue weighted by Crippen LogP contribution is 2.30. The van der Waals surface area contributed by atoms with Crippen LogP contribution < -0.4 is 10.6 Å². The quantitative estimate of drug-likeness (QED) is 0.621. The highest BCUT2D eigenvalue weighted by atomic mass is 32.2. The molecular weight excluding hydrogens is 354 g/mol. The predicted molar refractivity (Wildman–Crippen MR) is 97.9 cm³/mol. The number of urea groups is 1. The summed E-state index contributed by atoms with van der Waals surface area (Å²) in [7, 11) is 0. The number of nitrogens with one attached hydrogen (secondary N) is 2. The van der Waals surface area contributed by atoms with E-state index in [1.54, 1.807) is 43.8 Å². The Hall–Kier alpha value is -2.74. The molecule has 1 aliphatic rings. The molecule has 1 saturated heterocycles. The molecule has 0 unspecified atom stereocenters. The summed E-state index contributed by atoms with van der Waals surface area (Å²) in [6.07, 6.45) is 1.94. The molecule has 2 heterocycles. The van der Waals surface area contributed by atoms with E-state index in [0.29, 0.717) is 17.2 Å². The van der Waals surface area contributed by atoms with E-state index in [4.69, 9.17) is 4.42 Å². The van der Waals surface area contributed by atoms with Gasteiger partial charge in [0.2, 0.25) is 5.91 Å². The first-order valence-electron chi connectivity index (χ1n) is 7.98. The van der Waals surface area contributed by atoms with E-state index < -0.39 is 23.4 Å². The highest BCUT2D eigenvalue weighted by Gasteiger charge is 2.51. The number of carbonyl (C=O) groups is 3. The number of hydrogen-bond donors (Lipinski definition) is 2. The molecule has 0 bridgehead atoms. The van der Waals surface area contributed by atoms with Gasteiger partial charge in [0.1, 0.15) is 18.1 Å². The lowest BCUT2D eigenvalue weighted by Gasteiger charge is -2.19. The number of carbonyl (C=O) groups excluding carboxylic acids is 3. The molecule has 136 valence electrons. The second-order valence-corrected chi connectivity index (χ2v) is 7.02. The molecule has 0 spiro atoms. The van der Waals surface area contributed by atoms with Gasteiger partial charge in [-0.2, -0.15) is 0 Å². The van der Waals surface area contributed by atoms with Gasteiger partial charge in [-0.1, -0.05) is 6.07 Å². The van der Waals surface area contributed by atoms with Crippen molar-refractivity contribution in [2.45, 2.75) is 24.3 Å². The van der Waals surface area contributed by atoms with Crippen molar-refractivity contribution in [3.8, 4) is 0 Å². The lowest BCUT2D eigenvalue weighted by molar-refractivity contribution is -0.134. The second kappa shape index (κ2) is 6.87. The zero-order valence-corrected chi connectivity index (χ0v) is 15.5. The van der Waals surface area contributed by atoms with E-state index in [1.807, 2.05) is 24.5 Å². The Kier molecular flexibility index (Phi) is 4.78. The molecule has 3 rings (SSSR count). The molecule has 1 atom stereocenters. The molecule has 1 aromatic heterocycles. The van der Waals surface area contributed by atoms with Crippen molar-refractivity contribution >= 4 is 35.3 Å². The van der Waals surface area contributed by atoms with Gasteiger partial charge < -0.3 is 15.1 Å². The third-order valence-electron chi connectivity index (χ3n) is 4.16. The van der Waals surface area contributed by atoms with Crippen molar-refractivity contribution in [2.24, 2.45) is 0 Å². The summed E-state index contributed by atoms with van der Waals surface area (Å²) in [6, 6.07) is 10.1. The number of furan rings is 1. The van der Waals surface area contributed by atoms with Crippen molar-refractivity contribution in [3.63, 3.8) is 0 Å². The fraction of sp³-hybridized carbons (Fsp3) is 0.278. The smallest absolute Gasteiger partial charge is 0.325 e. The maximum atomic E-state index is 12.7. The molecular formula is C18H19N3O4S. The topological polar surface area (TPSA) is 91.7 Å². The van der Waals surface area contributed by atoms with Crippen molar-refractivity contribution in [1.29, 1.82) is 0 Å². The zero-order valence-electron chi connectivity index (χ0n) is 14.7. The van der Waals surface area contributed by atoms with Crippen LogP contribution in [0, 0.1) is 6.92 Å². The van der Waals surface area contributed by atoms with Crippen LogP contribution >= 0.6 is 11.8 Å². The number of aryl methyl sites for hydroxylation is 1. The molecule has 0 saturated carbocycles. The van der Waals surface area contributed by atoms with Crippen LogP contribution in [0.1, 0.15) is 18.4 Å². The lowest BCUT2D eigenvalue weighted by atomic mass is 9.99. The van der Waals surface area contributed by atoms with Crippen LogP contribution in [0.2, 0.25) is 0 Å². The normalized spacial score (nSPS) is 19.6. The van der Waals surface area contributed by atoms with Crippen LogP contribution in [0.5, 0.6) is 0 Å². The first kappa shape index (κ1) is 18.1. The van der Waals surface area contributed by atoms with Crippen molar-refractivity contribution < 1.29 is 18.8 Å². The predicted octanol–water partition coefficient (Wildman–Crippen LogP) is 2.72. The number of thioether (sulfide) groups is 1. The van der Waals surface area contributed by atoms with Gasteiger partial charge in [0.15, 0.2) is 5.54 Å². The van der Waals surface area contributed by atoms with Gasteiger partial charge in [0, 0.05) is 10.6 Å². The Morgan fingerprint density at radius 1 is 1.31 bits per heavy atom. The van der Waals surface area contributed by atoms with Gasteiger partial charge in [-0.25, -0.2) is 4.79 Å². The molecule has 0 aliphatic carbocycles. The van der Waals surface area contributed by atoms with Gasteiger partial charge in [-0.15, -0.1) is 11.8 Å². The molecule has 4 amide bonds. The Morgan fingerprint density at radius 2 is 2.08 bits per heavy atom. The first-order valence-corrected chi connectivity index (χ1v) is 9.21. The van der Waals surface area contributed by atoms with Gasteiger partial charge in [-0.3, -0.25) is 14.5 Å². The van der Waals surface area contributed by atoms with Crippen LogP contribution in [-0.2, 0) is 15.1 Å². The fourth-order valence-electron chi connectivity index (χ4n) is 2.76. The number of nitrogens with zero attached hydrogens (tertiary/aromatic N) is 1. The monoisotopic (exact) mass is 373 g/mol. The van der Waals surface area contributed by atoms with E-state index in [0.717, 1.165) is 9.80 Å². The SMILES string of the molecule is CSc1cccc(NC(=O)CN2C(=O)N[C@](C)(c3ccc(C)o3)C2=O)c1. The lowest BCUT2D eigenvalue weighted by Crippen LogP contribution is -2.41. The molecule has 1 aromatic carbocycles. The average Bonchev–Trinajstić information content (AvgIpc) is 3.13. The maximum Gasteiger partial charge on any atom is 0.325 e. The van der Waals surface area contributed by atoms with Crippen molar-refractivity contribution in [3.05, 3.63) is 47.9 Å². The summed E-state index contributed by atoms with van der Waals surface area (Å²) in [5, 5.41) is 5.31. The van der Waals surface area contributed by atoms with Gasteiger partial charge in [-0.05, 0) is 50.4 Å². The summed E-state index contributed by atoms with van der Waals surface area (Å²) < 4.78 is 5.50. The van der Waals surface area contributed by atoms with Gasteiger partial charge >= 0.3 is 6.03 Å². The Labute approximate surface area is 155 Å². The van der Waals surface area contributed by atoms with Crippen molar-refractivity contribution in [2.75, 3.05) is 18.1 Å². The Morgan fingerprint density at radius 3 is 2.73 bits per heavy atom. The average molecular weight is 373 g/mol. The Balaban J connectivity index is 1.72. The molecule has 1 aliphatic heterocycles. The molecule has 26 heavy (non-hydrogen) atoms. The standard InChI is InChI=1S/C18H19N3O4S/c1-11-7-8-14(25-11)18(2)16(23)21(17(24)20-18)10-15(22)19-12-5-4-6-13(9-12)26-3/h4-9H,10H2,1-3H3,(H,19,22)(H,20,24)/t18-/m1/s1. The summed E-state index contributed by atoms with van der Waals surface area (Å²) in [6.45, 7) is 2.94. The number of amides is 4. The maximum absolute atomic E-state index is 12.7. The molecule has 8 heteroatoms. The first-order chi connectivity index (χ1) is 12.3. The molecule has 2 N–H and O–H groups in total. The molecule has 1 fully saturated rings. The third-order valence-corrected chi connectivity index (χ3v) is 4.89. The molecule has 2 aromatic rings. The molecule has 7 nitrogen and oxygen atoms in total. The number of rotatable bonds is 5. The Bertz CT molecular complexity index is 879. The van der Waals surface area contributed by atoms with Gasteiger partial charge in [0.05, 0.1) is 0 Å². The van der Waals surface area contributed by atoms with Crippen LogP contribution in [-0.4, -0.2) is 35.5 Å². The van der Waals surface area contributed by atoms with Crippen LogP contribution in [0.25, 0.3) is 0 Å². The van der Waals surface area contributed by atoms with E-state index in [1.165, 1.54) is 0 Å². The minimum absolute atomic E-state index is 0.337. The summed E-state index contributed by atoms with van der Waals surface area (Å²) in [4.78, 5) is 39.2. The number of benzene rings is 1. The van der Waals surface area contributed by atoms with E-state index >= 15 is 0 Å². The van der Waals surface area contributed by atoms with Crippen LogP contribution in [0.4, 0.5) is 10.5 Å². The number of anilines is 1. The van der Waals surface area contributed by atoms with Gasteiger partial charge in [0.25, 0.3) is 5.91 Å².